The maximum Gasteiger partial charge on any atom is 0.144 e. The summed E-state index contributed by atoms with van der Waals surface area (Å²) in [6.07, 6.45) is 2.71. The molecule has 1 heterocycles. The Morgan fingerprint density at radius 1 is 1.15 bits per heavy atom. The van der Waals surface area contributed by atoms with Gasteiger partial charge in [-0.25, -0.2) is 9.38 Å². The van der Waals surface area contributed by atoms with Gasteiger partial charge < -0.3 is 15.0 Å². The quantitative estimate of drug-likeness (QED) is 0.718. The molecule has 1 aliphatic rings. The van der Waals surface area contributed by atoms with Crippen LogP contribution in [0.1, 0.15) is 31.9 Å². The molecular formula is C21H23ClFN3O. The van der Waals surface area contributed by atoms with E-state index < -0.39 is 0 Å². The number of aliphatic imine (C=N–C) groups is 1. The Bertz CT molecular complexity index is 834. The summed E-state index contributed by atoms with van der Waals surface area (Å²) in [5.41, 5.74) is 1.08. The van der Waals surface area contributed by atoms with Crippen LogP contribution in [0.4, 0.5) is 4.39 Å². The molecule has 6 heteroatoms. The molecule has 1 aliphatic heterocycles. The van der Waals surface area contributed by atoms with Crippen molar-refractivity contribution < 1.29 is 9.13 Å². The van der Waals surface area contributed by atoms with Gasteiger partial charge in [0.15, 0.2) is 0 Å². The van der Waals surface area contributed by atoms with Gasteiger partial charge in [0.2, 0.25) is 0 Å². The van der Waals surface area contributed by atoms with Gasteiger partial charge >= 0.3 is 0 Å². The zero-order valence-corrected chi connectivity index (χ0v) is 16.4. The summed E-state index contributed by atoms with van der Waals surface area (Å²) in [6, 6.07) is 13.9. The van der Waals surface area contributed by atoms with Crippen LogP contribution in [0.5, 0.6) is 11.5 Å². The second-order valence-corrected chi connectivity index (χ2v) is 6.93. The molecule has 1 N–H and O–H groups in total. The molecule has 0 spiro atoms. The highest BCUT2D eigenvalue weighted by Crippen LogP contribution is 2.27. The molecule has 2 aromatic carbocycles. The number of ether oxygens (including phenoxy) is 1. The number of hydrogen-bond acceptors (Lipinski definition) is 4. The van der Waals surface area contributed by atoms with Gasteiger partial charge in [0.1, 0.15) is 23.1 Å². The van der Waals surface area contributed by atoms with E-state index in [1.54, 1.807) is 18.5 Å². The van der Waals surface area contributed by atoms with E-state index in [9.17, 15) is 4.39 Å². The van der Waals surface area contributed by atoms with Crippen LogP contribution in [-0.4, -0.2) is 24.3 Å². The topological polar surface area (TPSA) is 36.9 Å². The average Bonchev–Trinajstić information content (AvgIpc) is 2.67. The first-order valence-electron chi connectivity index (χ1n) is 8.93. The van der Waals surface area contributed by atoms with Crippen molar-refractivity contribution in [2.75, 3.05) is 7.05 Å². The molecule has 0 aliphatic carbocycles. The van der Waals surface area contributed by atoms with E-state index in [2.05, 4.69) is 24.2 Å². The second-order valence-electron chi connectivity index (χ2n) is 6.52. The number of hydrogen-bond donors (Lipinski definition) is 1. The molecule has 2 atom stereocenters. The van der Waals surface area contributed by atoms with Gasteiger partial charge in [-0.15, -0.1) is 0 Å². The first kappa shape index (κ1) is 19.2. The third-order valence-electron chi connectivity index (χ3n) is 4.55. The average molecular weight is 388 g/mol. The fourth-order valence-corrected chi connectivity index (χ4v) is 3.36. The Hall–Kier alpha value is -2.53. The summed E-state index contributed by atoms with van der Waals surface area (Å²) >= 11 is 6.52. The van der Waals surface area contributed by atoms with Gasteiger partial charge in [0, 0.05) is 13.1 Å². The Morgan fingerprint density at radius 2 is 1.74 bits per heavy atom. The van der Waals surface area contributed by atoms with Crippen molar-refractivity contribution in [3.63, 3.8) is 0 Å². The van der Waals surface area contributed by atoms with E-state index in [4.69, 9.17) is 16.3 Å². The van der Waals surface area contributed by atoms with Crippen molar-refractivity contribution in [2.24, 2.45) is 4.99 Å². The van der Waals surface area contributed by atoms with Gasteiger partial charge in [-0.2, -0.15) is 0 Å². The van der Waals surface area contributed by atoms with Crippen molar-refractivity contribution in [3.8, 4) is 11.5 Å². The third-order valence-corrected chi connectivity index (χ3v) is 4.98. The largest absolute Gasteiger partial charge is 0.457 e. The van der Waals surface area contributed by atoms with E-state index in [0.717, 1.165) is 17.0 Å². The van der Waals surface area contributed by atoms with Crippen LogP contribution in [0.15, 0.2) is 64.4 Å². The highest BCUT2D eigenvalue weighted by Gasteiger charge is 2.23. The van der Waals surface area contributed by atoms with Crippen molar-refractivity contribution in [1.82, 2.24) is 10.2 Å². The minimum absolute atomic E-state index is 0.0340. The highest BCUT2D eigenvalue weighted by atomic mass is 35.5. The predicted octanol–water partition coefficient (Wildman–Crippen LogP) is 5.43. The van der Waals surface area contributed by atoms with E-state index in [0.29, 0.717) is 17.3 Å². The van der Waals surface area contributed by atoms with Crippen LogP contribution in [-0.2, 0) is 0 Å². The number of likely N-dealkylation sites (N-methyl/N-ethyl adjacent to an activating group) is 1. The van der Waals surface area contributed by atoms with Crippen LogP contribution in [0.25, 0.3) is 0 Å². The standard InChI is InChI=1S/C21H23ClFN3O/c1-4-19-20(22)21(24-13-26(19)3)25-14(2)15-5-9-17(10-6-15)27-18-11-7-16(23)8-12-18/h5-14,19,25H,4H2,1-3H3. The Labute approximate surface area is 164 Å². The van der Waals surface area contributed by atoms with Crippen LogP contribution < -0.4 is 10.1 Å². The lowest BCUT2D eigenvalue weighted by Gasteiger charge is -2.30. The monoisotopic (exact) mass is 387 g/mol. The Balaban J connectivity index is 1.67. The number of benzene rings is 2. The van der Waals surface area contributed by atoms with Gasteiger partial charge in [-0.1, -0.05) is 30.7 Å². The molecule has 0 amide bonds. The number of nitrogens with zero attached hydrogens (tertiary/aromatic N) is 2. The molecule has 2 unspecified atom stereocenters. The fraction of sp³-hybridized carbons (Fsp3) is 0.286. The van der Waals surface area contributed by atoms with Gasteiger partial charge in [0.05, 0.1) is 17.4 Å². The minimum atomic E-state index is -0.285. The lowest BCUT2D eigenvalue weighted by atomic mass is 10.1. The number of nitrogens with one attached hydrogen (secondary N) is 1. The molecular weight excluding hydrogens is 365 g/mol. The summed E-state index contributed by atoms with van der Waals surface area (Å²) in [5, 5.41) is 4.11. The Kier molecular flexibility index (Phi) is 6.01. The maximum absolute atomic E-state index is 13.0. The third kappa shape index (κ3) is 4.61. The lowest BCUT2D eigenvalue weighted by molar-refractivity contribution is 0.406. The molecule has 4 nitrogen and oxygen atoms in total. The van der Waals surface area contributed by atoms with Crippen LogP contribution in [0.2, 0.25) is 0 Å². The van der Waals surface area contributed by atoms with Gasteiger partial charge in [-0.05, 0) is 55.3 Å². The SMILES string of the molecule is CCC1C(Cl)=C(NC(C)c2ccc(Oc3ccc(F)cc3)cc2)N=CN1C. The first-order valence-corrected chi connectivity index (χ1v) is 9.31. The summed E-state index contributed by atoms with van der Waals surface area (Å²) in [6.45, 7) is 4.16. The fourth-order valence-electron chi connectivity index (χ4n) is 2.95. The summed E-state index contributed by atoms with van der Waals surface area (Å²) in [4.78, 5) is 6.43. The van der Waals surface area contributed by atoms with Crippen LogP contribution in [0.3, 0.4) is 0 Å². The number of rotatable bonds is 6. The molecule has 0 saturated carbocycles. The molecule has 0 bridgehead atoms. The van der Waals surface area contributed by atoms with Crippen molar-refractivity contribution >= 4 is 17.9 Å². The highest BCUT2D eigenvalue weighted by molar-refractivity contribution is 6.30. The van der Waals surface area contributed by atoms with Crippen molar-refractivity contribution in [2.45, 2.75) is 32.4 Å². The van der Waals surface area contributed by atoms with Crippen molar-refractivity contribution in [1.29, 1.82) is 0 Å². The first-order chi connectivity index (χ1) is 13.0. The molecule has 142 valence electrons. The summed E-state index contributed by atoms with van der Waals surface area (Å²) < 4.78 is 18.7. The maximum atomic E-state index is 13.0. The van der Waals surface area contributed by atoms with E-state index in [-0.39, 0.29) is 17.9 Å². The normalized spacial score (nSPS) is 17.8. The van der Waals surface area contributed by atoms with E-state index in [1.807, 2.05) is 36.2 Å². The molecule has 2 aromatic rings. The zero-order chi connectivity index (χ0) is 19.4. The summed E-state index contributed by atoms with van der Waals surface area (Å²) in [7, 11) is 1.97. The molecule has 0 saturated heterocycles. The Morgan fingerprint density at radius 3 is 2.33 bits per heavy atom. The lowest BCUT2D eigenvalue weighted by Crippen LogP contribution is -2.36. The molecule has 0 radical (unpaired) electrons. The van der Waals surface area contributed by atoms with Crippen LogP contribution >= 0.6 is 11.6 Å². The second kappa shape index (κ2) is 8.44. The predicted molar refractivity (Wildman–Crippen MR) is 108 cm³/mol. The molecule has 3 rings (SSSR count). The molecule has 0 fully saturated rings. The minimum Gasteiger partial charge on any atom is -0.457 e. The van der Waals surface area contributed by atoms with Gasteiger partial charge in [0.25, 0.3) is 0 Å². The number of halogens is 2. The smallest absolute Gasteiger partial charge is 0.144 e. The molecule has 27 heavy (non-hydrogen) atoms. The zero-order valence-electron chi connectivity index (χ0n) is 15.6. The van der Waals surface area contributed by atoms with Gasteiger partial charge in [-0.3, -0.25) is 0 Å². The van der Waals surface area contributed by atoms with E-state index in [1.165, 1.54) is 12.1 Å². The molecule has 0 aromatic heterocycles. The van der Waals surface area contributed by atoms with Crippen LogP contribution in [0, 0.1) is 5.82 Å². The summed E-state index contributed by atoms with van der Waals surface area (Å²) in [5.74, 6) is 1.71. The van der Waals surface area contributed by atoms with Crippen molar-refractivity contribution in [3.05, 3.63) is 70.8 Å². The van der Waals surface area contributed by atoms with E-state index >= 15 is 0 Å².